The molecule has 0 unspecified atom stereocenters. The van der Waals surface area contributed by atoms with E-state index in [0.29, 0.717) is 29.6 Å². The lowest BCUT2D eigenvalue weighted by atomic mass is 10.1. The summed E-state index contributed by atoms with van der Waals surface area (Å²) in [5.41, 5.74) is 0.0790. The second kappa shape index (κ2) is 7.18. The smallest absolute Gasteiger partial charge is 0.329 e. The number of nitrogens with one attached hydrogen (secondary N) is 1. The minimum Gasteiger partial charge on any atom is -0.329 e. The molecule has 1 atom stereocenters. The van der Waals surface area contributed by atoms with Crippen LogP contribution in [0.15, 0.2) is 24.3 Å². The topological polar surface area (TPSA) is 58.6 Å². The van der Waals surface area contributed by atoms with Crippen LogP contribution in [0.1, 0.15) is 16.8 Å². The van der Waals surface area contributed by atoms with E-state index in [0.717, 1.165) is 0 Å². The van der Waals surface area contributed by atoms with Crippen LogP contribution in [0.25, 0.3) is 0 Å². The van der Waals surface area contributed by atoms with E-state index in [-0.39, 0.29) is 18.0 Å². The van der Waals surface area contributed by atoms with Crippen molar-refractivity contribution in [2.75, 3.05) is 19.6 Å². The summed E-state index contributed by atoms with van der Waals surface area (Å²) in [5, 5.41) is 3.87. The first-order chi connectivity index (χ1) is 10.8. The maximum atomic E-state index is 12.4. The lowest BCUT2D eigenvalue weighted by Gasteiger charge is -2.24. The zero-order valence-corrected chi connectivity index (χ0v) is 12.7. The van der Waals surface area contributed by atoms with Crippen molar-refractivity contribution in [2.45, 2.75) is 12.6 Å². The number of amides is 1. The van der Waals surface area contributed by atoms with E-state index in [1.165, 1.54) is 24.3 Å². The van der Waals surface area contributed by atoms with Gasteiger partial charge in [0, 0.05) is 10.6 Å². The molecule has 0 spiro atoms. The van der Waals surface area contributed by atoms with E-state index in [1.54, 1.807) is 0 Å². The molecule has 0 saturated carbocycles. The Balaban J connectivity index is 2.15. The molecule has 1 amide bonds. The van der Waals surface area contributed by atoms with Crippen LogP contribution in [-0.4, -0.2) is 42.8 Å². The zero-order valence-electron chi connectivity index (χ0n) is 11.9. The largest absolute Gasteiger partial charge is 0.493 e. The van der Waals surface area contributed by atoms with Crippen LogP contribution in [0.2, 0.25) is 5.02 Å². The van der Waals surface area contributed by atoms with Crippen molar-refractivity contribution in [3.63, 3.8) is 0 Å². The third kappa shape index (κ3) is 4.84. The van der Waals surface area contributed by atoms with E-state index >= 15 is 0 Å². The van der Waals surface area contributed by atoms with Crippen LogP contribution < -0.4 is 5.32 Å². The van der Waals surface area contributed by atoms with Gasteiger partial charge < -0.3 is 10.2 Å². The van der Waals surface area contributed by atoms with E-state index < -0.39 is 18.1 Å². The van der Waals surface area contributed by atoms with Crippen molar-refractivity contribution in [3.05, 3.63) is 34.9 Å². The molecule has 1 saturated heterocycles. The van der Waals surface area contributed by atoms with Gasteiger partial charge in [-0.25, -0.2) is 4.79 Å². The lowest BCUT2D eigenvalue weighted by molar-refractivity contribution is -0.229. The Morgan fingerprint density at radius 1 is 1.30 bits per heavy atom. The zero-order chi connectivity index (χ0) is 17.0. The maximum Gasteiger partial charge on any atom is 0.493 e. The first kappa shape index (κ1) is 17.6. The number of carbonyl (C=O) groups is 2. The van der Waals surface area contributed by atoms with Crippen molar-refractivity contribution < 1.29 is 27.6 Å². The standard InChI is InChI=1S/C14H14ClF3N2O3/c15-11-3-1-10(2-4-11)12(21)20(8-9-5-6-19-7-9)23-13(22)14(16,17)18/h1-4,9,19H,5-8H2/t9-/m0/s1. The number of halogens is 4. The fraction of sp³-hybridized carbons (Fsp3) is 0.429. The Morgan fingerprint density at radius 3 is 2.48 bits per heavy atom. The molecule has 126 valence electrons. The second-order valence-electron chi connectivity index (χ2n) is 5.11. The van der Waals surface area contributed by atoms with Crippen LogP contribution in [-0.2, 0) is 9.63 Å². The predicted octanol–water partition coefficient (Wildman–Crippen LogP) is 2.41. The highest BCUT2D eigenvalue weighted by atomic mass is 35.5. The molecule has 1 aromatic carbocycles. The van der Waals surface area contributed by atoms with Gasteiger partial charge >= 0.3 is 12.1 Å². The molecule has 5 nitrogen and oxygen atoms in total. The molecule has 1 aliphatic heterocycles. The predicted molar refractivity (Wildman–Crippen MR) is 75.6 cm³/mol. The molecular formula is C14H14ClF3N2O3. The minimum absolute atomic E-state index is 0.0790. The number of alkyl halides is 3. The number of rotatable bonds is 3. The Morgan fingerprint density at radius 2 is 1.96 bits per heavy atom. The molecule has 1 heterocycles. The number of hydrogen-bond acceptors (Lipinski definition) is 4. The van der Waals surface area contributed by atoms with Gasteiger partial charge in [-0.05, 0) is 49.7 Å². The van der Waals surface area contributed by atoms with Crippen LogP contribution in [0, 0.1) is 5.92 Å². The Labute approximate surface area is 135 Å². The Kier molecular flexibility index (Phi) is 5.48. The summed E-state index contributed by atoms with van der Waals surface area (Å²) in [4.78, 5) is 27.7. The normalized spacial score (nSPS) is 17.8. The molecule has 1 N–H and O–H groups in total. The quantitative estimate of drug-likeness (QED) is 0.851. The molecule has 23 heavy (non-hydrogen) atoms. The molecule has 0 bridgehead atoms. The third-order valence-electron chi connectivity index (χ3n) is 3.33. The molecule has 2 rings (SSSR count). The van der Waals surface area contributed by atoms with Gasteiger partial charge in [0.15, 0.2) is 0 Å². The molecule has 1 aliphatic rings. The highest BCUT2D eigenvalue weighted by molar-refractivity contribution is 6.30. The number of benzene rings is 1. The van der Waals surface area contributed by atoms with Gasteiger partial charge in [-0.2, -0.15) is 18.2 Å². The van der Waals surface area contributed by atoms with E-state index in [2.05, 4.69) is 10.2 Å². The fourth-order valence-corrected chi connectivity index (χ4v) is 2.28. The van der Waals surface area contributed by atoms with Crippen LogP contribution in [0.5, 0.6) is 0 Å². The monoisotopic (exact) mass is 350 g/mol. The van der Waals surface area contributed by atoms with Gasteiger partial charge in [0.1, 0.15) is 0 Å². The molecule has 1 fully saturated rings. The summed E-state index contributed by atoms with van der Waals surface area (Å²) in [7, 11) is 0. The lowest BCUT2D eigenvalue weighted by Crippen LogP contribution is -2.41. The molecule has 9 heteroatoms. The SMILES string of the molecule is O=C(c1ccc(Cl)cc1)N(C[C@H]1CCNC1)OC(=O)C(F)(F)F. The number of nitrogens with zero attached hydrogens (tertiary/aromatic N) is 1. The van der Waals surface area contributed by atoms with Crippen molar-refractivity contribution >= 4 is 23.5 Å². The first-order valence-corrected chi connectivity index (χ1v) is 7.22. The molecule has 0 aromatic heterocycles. The maximum absolute atomic E-state index is 12.4. The highest BCUT2D eigenvalue weighted by Crippen LogP contribution is 2.20. The van der Waals surface area contributed by atoms with Gasteiger partial charge in [0.2, 0.25) is 0 Å². The molecule has 0 radical (unpaired) electrons. The molecular weight excluding hydrogens is 337 g/mol. The average Bonchev–Trinajstić information content (AvgIpc) is 2.98. The summed E-state index contributed by atoms with van der Waals surface area (Å²) in [5.74, 6) is -3.34. The van der Waals surface area contributed by atoms with Crippen molar-refractivity contribution in [2.24, 2.45) is 5.92 Å². The first-order valence-electron chi connectivity index (χ1n) is 6.84. The van der Waals surface area contributed by atoms with Crippen molar-refractivity contribution in [1.82, 2.24) is 10.4 Å². The van der Waals surface area contributed by atoms with Crippen molar-refractivity contribution in [1.29, 1.82) is 0 Å². The summed E-state index contributed by atoms with van der Waals surface area (Å²) in [6, 6.07) is 5.56. The Hall–Kier alpha value is -1.80. The van der Waals surface area contributed by atoms with E-state index in [9.17, 15) is 22.8 Å². The highest BCUT2D eigenvalue weighted by Gasteiger charge is 2.43. The minimum atomic E-state index is -5.17. The average molecular weight is 351 g/mol. The number of carbonyl (C=O) groups excluding carboxylic acids is 2. The number of hydrogen-bond donors (Lipinski definition) is 1. The summed E-state index contributed by atoms with van der Waals surface area (Å²) in [6.45, 7) is 1.12. The Bertz CT molecular complexity index is 572. The summed E-state index contributed by atoms with van der Waals surface area (Å²) >= 11 is 5.71. The van der Waals surface area contributed by atoms with Crippen molar-refractivity contribution in [3.8, 4) is 0 Å². The van der Waals surface area contributed by atoms with Gasteiger partial charge in [0.25, 0.3) is 5.91 Å². The fourth-order valence-electron chi connectivity index (χ4n) is 2.15. The van der Waals surface area contributed by atoms with Gasteiger partial charge in [-0.3, -0.25) is 4.79 Å². The molecule has 0 aliphatic carbocycles. The molecule has 1 aromatic rings. The van der Waals surface area contributed by atoms with Gasteiger partial charge in [-0.1, -0.05) is 11.6 Å². The third-order valence-corrected chi connectivity index (χ3v) is 3.58. The van der Waals surface area contributed by atoms with Crippen LogP contribution in [0.3, 0.4) is 0 Å². The van der Waals surface area contributed by atoms with Gasteiger partial charge in [0.05, 0.1) is 6.54 Å². The number of hydroxylamine groups is 2. The summed E-state index contributed by atoms with van der Waals surface area (Å²) < 4.78 is 37.2. The summed E-state index contributed by atoms with van der Waals surface area (Å²) in [6.07, 6.45) is -4.50. The second-order valence-corrected chi connectivity index (χ2v) is 5.54. The van der Waals surface area contributed by atoms with E-state index in [1.807, 2.05) is 0 Å². The van der Waals surface area contributed by atoms with Gasteiger partial charge in [-0.15, -0.1) is 0 Å². The van der Waals surface area contributed by atoms with Crippen LogP contribution >= 0.6 is 11.6 Å². The van der Waals surface area contributed by atoms with E-state index in [4.69, 9.17) is 11.6 Å². The van der Waals surface area contributed by atoms with Crippen LogP contribution in [0.4, 0.5) is 13.2 Å².